The second-order valence-electron chi connectivity index (χ2n) is 4.33. The van der Waals surface area contributed by atoms with Crippen molar-refractivity contribution >= 4 is 0 Å². The van der Waals surface area contributed by atoms with E-state index in [2.05, 4.69) is 24.3 Å². The first-order valence-electron chi connectivity index (χ1n) is 5.64. The maximum atomic E-state index is 6.00. The molecule has 1 fully saturated rings. The van der Waals surface area contributed by atoms with Gasteiger partial charge in [0.15, 0.2) is 5.75 Å². The Morgan fingerprint density at radius 1 is 1.53 bits per heavy atom. The van der Waals surface area contributed by atoms with E-state index >= 15 is 0 Å². The maximum Gasteiger partial charge on any atom is 0.158 e. The van der Waals surface area contributed by atoms with Crippen molar-refractivity contribution in [3.8, 4) is 5.75 Å². The first-order chi connectivity index (χ1) is 7.22. The molecule has 2 rings (SSSR count). The van der Waals surface area contributed by atoms with E-state index in [1.165, 1.54) is 0 Å². The number of aryl methyl sites for hydroxylation is 1. The number of hydrogen-bond donors (Lipinski definition) is 1. The van der Waals surface area contributed by atoms with Crippen LogP contribution in [-0.2, 0) is 6.54 Å². The molecule has 0 unspecified atom stereocenters. The Bertz CT molecular complexity index is 315. The van der Waals surface area contributed by atoms with E-state index in [0.29, 0.717) is 0 Å². The first-order valence-corrected chi connectivity index (χ1v) is 5.64. The molecule has 15 heavy (non-hydrogen) atoms. The summed E-state index contributed by atoms with van der Waals surface area (Å²) in [7, 11) is 0. The molecule has 2 heterocycles. The molecule has 4 nitrogen and oxygen atoms in total. The smallest absolute Gasteiger partial charge is 0.158 e. The molecule has 1 aliphatic heterocycles. The SMILES string of the molecule is CCn1cc(OC2(C)CCNCC2)cn1. The van der Waals surface area contributed by atoms with Crippen LogP contribution in [-0.4, -0.2) is 28.5 Å². The molecule has 0 bridgehead atoms. The van der Waals surface area contributed by atoms with Crippen LogP contribution in [0.25, 0.3) is 0 Å². The molecule has 84 valence electrons. The van der Waals surface area contributed by atoms with E-state index in [0.717, 1.165) is 38.2 Å². The van der Waals surface area contributed by atoms with Crippen molar-refractivity contribution < 1.29 is 4.74 Å². The van der Waals surface area contributed by atoms with Crippen LogP contribution in [0.15, 0.2) is 12.4 Å². The Labute approximate surface area is 90.6 Å². The predicted molar refractivity (Wildman–Crippen MR) is 59.0 cm³/mol. The minimum Gasteiger partial charge on any atom is -0.484 e. The molecule has 4 heteroatoms. The summed E-state index contributed by atoms with van der Waals surface area (Å²) in [4.78, 5) is 0. The first kappa shape index (κ1) is 10.5. The minimum absolute atomic E-state index is 0.0210. The van der Waals surface area contributed by atoms with Gasteiger partial charge >= 0.3 is 0 Å². The zero-order valence-electron chi connectivity index (χ0n) is 9.49. The highest BCUT2D eigenvalue weighted by atomic mass is 16.5. The topological polar surface area (TPSA) is 39.1 Å². The van der Waals surface area contributed by atoms with Gasteiger partial charge in [-0.25, -0.2) is 0 Å². The highest BCUT2D eigenvalue weighted by Gasteiger charge is 2.28. The summed E-state index contributed by atoms with van der Waals surface area (Å²) in [6.45, 7) is 7.22. The number of nitrogens with one attached hydrogen (secondary N) is 1. The normalized spacial score (nSPS) is 20.1. The van der Waals surface area contributed by atoms with Gasteiger partial charge in [-0.05, 0) is 39.8 Å². The van der Waals surface area contributed by atoms with Crippen LogP contribution in [0.2, 0.25) is 0 Å². The van der Waals surface area contributed by atoms with E-state index in [-0.39, 0.29) is 5.60 Å². The van der Waals surface area contributed by atoms with Gasteiger partial charge in [0.1, 0.15) is 5.60 Å². The Balaban J connectivity index is 2.00. The summed E-state index contributed by atoms with van der Waals surface area (Å²) in [5, 5.41) is 7.55. The summed E-state index contributed by atoms with van der Waals surface area (Å²) in [6, 6.07) is 0. The zero-order valence-corrected chi connectivity index (χ0v) is 9.49. The van der Waals surface area contributed by atoms with Crippen molar-refractivity contribution in [3.05, 3.63) is 12.4 Å². The molecule has 0 saturated carbocycles. The molecule has 1 aromatic heterocycles. The Hall–Kier alpha value is -1.03. The van der Waals surface area contributed by atoms with Crippen molar-refractivity contribution in [2.75, 3.05) is 13.1 Å². The summed E-state index contributed by atoms with van der Waals surface area (Å²) >= 11 is 0. The van der Waals surface area contributed by atoms with E-state index in [1.807, 2.05) is 10.9 Å². The fraction of sp³-hybridized carbons (Fsp3) is 0.727. The molecule has 0 atom stereocenters. The Morgan fingerprint density at radius 3 is 2.87 bits per heavy atom. The van der Waals surface area contributed by atoms with Crippen molar-refractivity contribution in [3.63, 3.8) is 0 Å². The molecule has 1 aromatic rings. The van der Waals surface area contributed by atoms with Gasteiger partial charge in [0.05, 0.1) is 12.4 Å². The molecular formula is C11H19N3O. The lowest BCUT2D eigenvalue weighted by atomic mass is 9.94. The van der Waals surface area contributed by atoms with Crippen molar-refractivity contribution in [1.82, 2.24) is 15.1 Å². The van der Waals surface area contributed by atoms with Gasteiger partial charge in [-0.15, -0.1) is 0 Å². The standard InChI is InChI=1S/C11H19N3O/c1-3-14-9-10(8-13-14)15-11(2)4-6-12-7-5-11/h8-9,12H,3-7H2,1-2H3. The number of ether oxygens (including phenoxy) is 1. The van der Waals surface area contributed by atoms with E-state index in [4.69, 9.17) is 4.74 Å². The summed E-state index contributed by atoms with van der Waals surface area (Å²) in [5.41, 5.74) is -0.0210. The highest BCUT2D eigenvalue weighted by Crippen LogP contribution is 2.25. The molecule has 0 spiro atoms. The van der Waals surface area contributed by atoms with Gasteiger partial charge < -0.3 is 10.1 Å². The van der Waals surface area contributed by atoms with Gasteiger partial charge in [-0.2, -0.15) is 5.10 Å². The summed E-state index contributed by atoms with van der Waals surface area (Å²) in [5.74, 6) is 0.890. The molecule has 1 aliphatic rings. The largest absolute Gasteiger partial charge is 0.484 e. The zero-order chi connectivity index (χ0) is 10.7. The molecule has 0 radical (unpaired) electrons. The molecule has 0 amide bonds. The van der Waals surface area contributed by atoms with Gasteiger partial charge in [0.2, 0.25) is 0 Å². The fourth-order valence-corrected chi connectivity index (χ4v) is 1.91. The number of piperidine rings is 1. The van der Waals surface area contributed by atoms with E-state index in [1.54, 1.807) is 6.20 Å². The van der Waals surface area contributed by atoms with Crippen LogP contribution in [0, 0.1) is 0 Å². The van der Waals surface area contributed by atoms with Crippen molar-refractivity contribution in [2.45, 2.75) is 38.8 Å². The lowest BCUT2D eigenvalue weighted by Gasteiger charge is -2.34. The van der Waals surface area contributed by atoms with Crippen LogP contribution in [0.4, 0.5) is 0 Å². The van der Waals surface area contributed by atoms with Gasteiger partial charge in [-0.3, -0.25) is 4.68 Å². The molecule has 0 aromatic carbocycles. The minimum atomic E-state index is -0.0210. The second kappa shape index (κ2) is 4.23. The van der Waals surface area contributed by atoms with Crippen molar-refractivity contribution in [2.24, 2.45) is 0 Å². The molecule has 0 aliphatic carbocycles. The van der Waals surface area contributed by atoms with E-state index in [9.17, 15) is 0 Å². The third-order valence-electron chi connectivity index (χ3n) is 2.96. The number of aromatic nitrogens is 2. The lowest BCUT2D eigenvalue weighted by Crippen LogP contribution is -2.43. The average Bonchev–Trinajstić information content (AvgIpc) is 2.66. The van der Waals surface area contributed by atoms with Crippen LogP contribution >= 0.6 is 0 Å². The molecule has 1 N–H and O–H groups in total. The fourth-order valence-electron chi connectivity index (χ4n) is 1.91. The third-order valence-corrected chi connectivity index (χ3v) is 2.96. The van der Waals surface area contributed by atoms with E-state index < -0.39 is 0 Å². The summed E-state index contributed by atoms with van der Waals surface area (Å²) < 4.78 is 7.89. The van der Waals surface area contributed by atoms with Crippen LogP contribution in [0.1, 0.15) is 26.7 Å². The third kappa shape index (κ3) is 2.50. The lowest BCUT2D eigenvalue weighted by molar-refractivity contribution is 0.0555. The number of nitrogens with zero attached hydrogens (tertiary/aromatic N) is 2. The van der Waals surface area contributed by atoms with Gasteiger partial charge in [0, 0.05) is 6.54 Å². The molecular weight excluding hydrogens is 190 g/mol. The number of rotatable bonds is 3. The van der Waals surface area contributed by atoms with Crippen LogP contribution < -0.4 is 10.1 Å². The summed E-state index contributed by atoms with van der Waals surface area (Å²) in [6.07, 6.45) is 5.89. The Morgan fingerprint density at radius 2 is 2.27 bits per heavy atom. The van der Waals surface area contributed by atoms with Crippen LogP contribution in [0.5, 0.6) is 5.75 Å². The Kier molecular flexibility index (Phi) is 2.95. The quantitative estimate of drug-likeness (QED) is 0.818. The van der Waals surface area contributed by atoms with Gasteiger partial charge in [-0.1, -0.05) is 0 Å². The molecule has 1 saturated heterocycles. The maximum absolute atomic E-state index is 6.00. The highest BCUT2D eigenvalue weighted by molar-refractivity contribution is 5.13. The van der Waals surface area contributed by atoms with Crippen LogP contribution in [0.3, 0.4) is 0 Å². The predicted octanol–water partition coefficient (Wildman–Crippen LogP) is 1.42. The second-order valence-corrected chi connectivity index (χ2v) is 4.33. The van der Waals surface area contributed by atoms with Gasteiger partial charge in [0.25, 0.3) is 0 Å². The monoisotopic (exact) mass is 209 g/mol. The number of hydrogen-bond acceptors (Lipinski definition) is 3. The van der Waals surface area contributed by atoms with Crippen molar-refractivity contribution in [1.29, 1.82) is 0 Å². The average molecular weight is 209 g/mol.